The molecular formula is C15H18N2O4. The number of methoxy groups -OCH3 is 1. The molecule has 0 aromatic carbocycles. The van der Waals surface area contributed by atoms with Gasteiger partial charge in [0.15, 0.2) is 0 Å². The second-order valence-electron chi connectivity index (χ2n) is 5.11. The van der Waals surface area contributed by atoms with Gasteiger partial charge >= 0.3 is 5.97 Å². The fourth-order valence-electron chi connectivity index (χ4n) is 2.57. The number of nitrogens with zero attached hydrogens (tertiary/aromatic N) is 1. The minimum atomic E-state index is -0.792. The van der Waals surface area contributed by atoms with E-state index in [4.69, 9.17) is 4.74 Å². The molecule has 112 valence electrons. The molecule has 0 aliphatic heterocycles. The monoisotopic (exact) mass is 290 g/mol. The first kappa shape index (κ1) is 15.2. The third kappa shape index (κ3) is 3.87. The van der Waals surface area contributed by atoms with Gasteiger partial charge in [-0.25, -0.2) is 4.79 Å². The summed E-state index contributed by atoms with van der Waals surface area (Å²) in [6.07, 6.45) is 5.32. The third-order valence-electron chi connectivity index (χ3n) is 3.68. The van der Waals surface area contributed by atoms with Gasteiger partial charge in [-0.1, -0.05) is 0 Å². The molecule has 1 fully saturated rings. The molecule has 1 aromatic rings. The van der Waals surface area contributed by atoms with Gasteiger partial charge in [0.2, 0.25) is 0 Å². The molecule has 6 heteroatoms. The molecule has 2 rings (SSSR count). The Morgan fingerprint density at radius 2 is 2.10 bits per heavy atom. The number of ketones is 1. The molecule has 21 heavy (non-hydrogen) atoms. The van der Waals surface area contributed by atoms with Gasteiger partial charge in [0, 0.05) is 30.8 Å². The number of esters is 1. The molecule has 1 aromatic heterocycles. The standard InChI is InChI=1S/C15H18N2O4/c1-21-15(20)13(11-3-2-4-12(18)9-11)17-14(19)10-5-7-16-8-6-10/h5-8,11,13H,2-4,9H2,1H3,(H,17,19)/t11-,13+/m0/s1. The van der Waals surface area contributed by atoms with E-state index in [0.717, 1.165) is 12.8 Å². The SMILES string of the molecule is COC(=O)[C@H](NC(=O)c1ccncc1)[C@H]1CCCC(=O)C1. The lowest BCUT2D eigenvalue weighted by Crippen LogP contribution is -2.48. The van der Waals surface area contributed by atoms with Gasteiger partial charge in [0.05, 0.1) is 7.11 Å². The first-order valence-corrected chi connectivity index (χ1v) is 6.92. The van der Waals surface area contributed by atoms with Crippen molar-refractivity contribution in [2.24, 2.45) is 5.92 Å². The topological polar surface area (TPSA) is 85.4 Å². The van der Waals surface area contributed by atoms with E-state index < -0.39 is 12.0 Å². The largest absolute Gasteiger partial charge is 0.467 e. The fraction of sp³-hybridized carbons (Fsp3) is 0.467. The molecule has 6 nitrogen and oxygen atoms in total. The van der Waals surface area contributed by atoms with Crippen LogP contribution in [-0.4, -0.2) is 35.8 Å². The molecular weight excluding hydrogens is 272 g/mol. The zero-order valence-corrected chi connectivity index (χ0v) is 11.9. The van der Waals surface area contributed by atoms with Crippen molar-refractivity contribution in [1.29, 1.82) is 0 Å². The molecule has 0 spiro atoms. The number of hydrogen-bond acceptors (Lipinski definition) is 5. The highest BCUT2D eigenvalue weighted by atomic mass is 16.5. The molecule has 0 radical (unpaired) electrons. The van der Waals surface area contributed by atoms with Gasteiger partial charge in [-0.2, -0.15) is 0 Å². The smallest absolute Gasteiger partial charge is 0.328 e. The molecule has 0 unspecified atom stereocenters. The number of hydrogen-bond donors (Lipinski definition) is 1. The Labute approximate surface area is 122 Å². The van der Waals surface area contributed by atoms with Crippen molar-refractivity contribution in [1.82, 2.24) is 10.3 Å². The van der Waals surface area contributed by atoms with Crippen LogP contribution in [0.15, 0.2) is 24.5 Å². The van der Waals surface area contributed by atoms with Crippen molar-refractivity contribution in [3.63, 3.8) is 0 Å². The van der Waals surface area contributed by atoms with Crippen LogP contribution in [0.4, 0.5) is 0 Å². The zero-order valence-electron chi connectivity index (χ0n) is 11.9. The fourth-order valence-corrected chi connectivity index (χ4v) is 2.57. The maximum Gasteiger partial charge on any atom is 0.328 e. The lowest BCUT2D eigenvalue weighted by atomic mass is 9.83. The number of pyridine rings is 1. The minimum Gasteiger partial charge on any atom is -0.467 e. The lowest BCUT2D eigenvalue weighted by molar-refractivity contribution is -0.145. The molecule has 1 amide bonds. The highest BCUT2D eigenvalue weighted by molar-refractivity contribution is 5.96. The predicted octanol–water partition coefficient (Wildman–Crippen LogP) is 1.11. The van der Waals surface area contributed by atoms with E-state index in [1.165, 1.54) is 19.5 Å². The number of amides is 1. The average Bonchev–Trinajstić information content (AvgIpc) is 2.52. The first-order chi connectivity index (χ1) is 10.1. The summed E-state index contributed by atoms with van der Waals surface area (Å²) in [6, 6.07) is 2.34. The van der Waals surface area contributed by atoms with Gasteiger partial charge in [-0.05, 0) is 30.9 Å². The molecule has 1 N–H and O–H groups in total. The van der Waals surface area contributed by atoms with Crippen molar-refractivity contribution >= 4 is 17.7 Å². The van der Waals surface area contributed by atoms with Gasteiger partial charge in [-0.3, -0.25) is 14.6 Å². The van der Waals surface area contributed by atoms with Crippen molar-refractivity contribution in [3.8, 4) is 0 Å². The van der Waals surface area contributed by atoms with Gasteiger partial charge in [0.25, 0.3) is 5.91 Å². The van der Waals surface area contributed by atoms with Crippen LogP contribution in [0, 0.1) is 5.92 Å². The summed E-state index contributed by atoms with van der Waals surface area (Å²) in [7, 11) is 1.28. The Morgan fingerprint density at radius 3 is 2.71 bits per heavy atom. The number of carbonyl (C=O) groups is 3. The summed E-state index contributed by atoms with van der Waals surface area (Å²) in [5.74, 6) is -0.967. The highest BCUT2D eigenvalue weighted by Gasteiger charge is 2.34. The van der Waals surface area contributed by atoms with E-state index in [-0.39, 0.29) is 17.6 Å². The molecule has 1 aliphatic carbocycles. The Kier molecular flexibility index (Phi) is 5.03. The Hall–Kier alpha value is -2.24. The van der Waals surface area contributed by atoms with Gasteiger partial charge in [-0.15, -0.1) is 0 Å². The number of Topliss-reactive ketones (excluding diaryl/α,β-unsaturated/α-hetero) is 1. The Bertz CT molecular complexity index is 530. The van der Waals surface area contributed by atoms with Crippen LogP contribution in [0.2, 0.25) is 0 Å². The maximum atomic E-state index is 12.2. The van der Waals surface area contributed by atoms with Crippen LogP contribution in [0.1, 0.15) is 36.0 Å². The van der Waals surface area contributed by atoms with Crippen molar-refractivity contribution in [3.05, 3.63) is 30.1 Å². The summed E-state index contributed by atoms with van der Waals surface area (Å²) in [6.45, 7) is 0. The normalized spacial score (nSPS) is 19.7. The quantitative estimate of drug-likeness (QED) is 0.840. The minimum absolute atomic E-state index is 0.123. The summed E-state index contributed by atoms with van der Waals surface area (Å²) in [5.41, 5.74) is 0.418. The van der Waals surface area contributed by atoms with Crippen molar-refractivity contribution < 1.29 is 19.1 Å². The lowest BCUT2D eigenvalue weighted by Gasteiger charge is -2.28. The number of nitrogens with one attached hydrogen (secondary N) is 1. The summed E-state index contributed by atoms with van der Waals surface area (Å²) < 4.78 is 4.76. The third-order valence-corrected chi connectivity index (χ3v) is 3.68. The maximum absolute atomic E-state index is 12.2. The predicted molar refractivity (Wildman–Crippen MR) is 74.5 cm³/mol. The van der Waals surface area contributed by atoms with Crippen LogP contribution in [0.25, 0.3) is 0 Å². The molecule has 0 bridgehead atoms. The van der Waals surface area contributed by atoms with Crippen LogP contribution < -0.4 is 5.32 Å². The van der Waals surface area contributed by atoms with Gasteiger partial charge in [0.1, 0.15) is 11.8 Å². The molecule has 0 saturated heterocycles. The molecule has 2 atom stereocenters. The Morgan fingerprint density at radius 1 is 1.38 bits per heavy atom. The molecule has 1 saturated carbocycles. The van der Waals surface area contributed by atoms with E-state index in [9.17, 15) is 14.4 Å². The Balaban J connectivity index is 2.11. The van der Waals surface area contributed by atoms with E-state index in [0.29, 0.717) is 18.4 Å². The van der Waals surface area contributed by atoms with Crippen molar-refractivity contribution in [2.75, 3.05) is 7.11 Å². The first-order valence-electron chi connectivity index (χ1n) is 6.92. The second kappa shape index (κ2) is 6.97. The van der Waals surface area contributed by atoms with Crippen molar-refractivity contribution in [2.45, 2.75) is 31.7 Å². The molecule has 1 heterocycles. The summed E-state index contributed by atoms with van der Waals surface area (Å²) in [5, 5.41) is 2.68. The van der Waals surface area contributed by atoms with E-state index in [1.807, 2.05) is 0 Å². The van der Waals surface area contributed by atoms with E-state index in [1.54, 1.807) is 12.1 Å². The van der Waals surface area contributed by atoms with E-state index in [2.05, 4.69) is 10.3 Å². The highest BCUT2D eigenvalue weighted by Crippen LogP contribution is 2.25. The number of carbonyl (C=O) groups excluding carboxylic acids is 3. The van der Waals surface area contributed by atoms with Crippen LogP contribution >= 0.6 is 0 Å². The molecule has 1 aliphatic rings. The van der Waals surface area contributed by atoms with E-state index >= 15 is 0 Å². The summed E-state index contributed by atoms with van der Waals surface area (Å²) in [4.78, 5) is 39.5. The second-order valence-corrected chi connectivity index (χ2v) is 5.11. The van der Waals surface area contributed by atoms with Crippen LogP contribution in [0.5, 0.6) is 0 Å². The zero-order chi connectivity index (χ0) is 15.2. The van der Waals surface area contributed by atoms with Gasteiger partial charge < -0.3 is 10.1 Å². The van der Waals surface area contributed by atoms with Crippen LogP contribution in [-0.2, 0) is 14.3 Å². The average molecular weight is 290 g/mol. The number of ether oxygens (including phenoxy) is 1. The number of aromatic nitrogens is 1. The number of rotatable bonds is 4. The summed E-state index contributed by atoms with van der Waals surface area (Å²) >= 11 is 0. The van der Waals surface area contributed by atoms with Crippen LogP contribution in [0.3, 0.4) is 0 Å².